The number of hydrogen-bond donors (Lipinski definition) is 1. The predicted molar refractivity (Wildman–Crippen MR) is 109 cm³/mol. The van der Waals surface area contributed by atoms with Crippen LogP contribution in [0.15, 0.2) is 42.5 Å². The molecule has 2 aromatic carbocycles. The van der Waals surface area contributed by atoms with Gasteiger partial charge in [-0.25, -0.2) is 0 Å². The summed E-state index contributed by atoms with van der Waals surface area (Å²) in [6.45, 7) is 0.732. The molecule has 2 aromatic rings. The van der Waals surface area contributed by atoms with Crippen molar-refractivity contribution in [2.45, 2.75) is 18.6 Å². The van der Waals surface area contributed by atoms with Gasteiger partial charge in [-0.3, -0.25) is 9.59 Å². The van der Waals surface area contributed by atoms with E-state index < -0.39 is 0 Å². The third kappa shape index (κ3) is 4.93. The van der Waals surface area contributed by atoms with Crippen LogP contribution in [0.2, 0.25) is 10.0 Å². The summed E-state index contributed by atoms with van der Waals surface area (Å²) in [6.07, 6.45) is 1.46. The maximum atomic E-state index is 12.2. The third-order valence-electron chi connectivity index (χ3n) is 4.00. The highest BCUT2D eigenvalue weighted by Crippen LogP contribution is 2.26. The molecule has 1 saturated heterocycles. The van der Waals surface area contributed by atoms with Crippen LogP contribution in [-0.2, 0) is 15.3 Å². The van der Waals surface area contributed by atoms with Crippen LogP contribution in [0, 0.1) is 0 Å². The van der Waals surface area contributed by atoms with Crippen LogP contribution in [0.25, 0.3) is 0 Å². The Hall–Kier alpha value is -1.69. The maximum absolute atomic E-state index is 12.2. The number of halogens is 2. The van der Waals surface area contributed by atoms with E-state index in [1.807, 2.05) is 36.4 Å². The molecule has 1 heterocycles. The molecule has 136 valence electrons. The fraction of sp³-hybridized carbons (Fsp3) is 0.263. The maximum Gasteiger partial charge on any atom is 0.234 e. The van der Waals surface area contributed by atoms with Crippen molar-refractivity contribution in [1.82, 2.24) is 0 Å². The normalized spacial score (nSPS) is 13.9. The lowest BCUT2D eigenvalue weighted by atomic mass is 10.2. The van der Waals surface area contributed by atoms with Gasteiger partial charge in [0, 0.05) is 30.1 Å². The first-order valence-electron chi connectivity index (χ1n) is 8.25. The number of nitrogens with zero attached hydrogens (tertiary/aromatic N) is 1. The van der Waals surface area contributed by atoms with Gasteiger partial charge < -0.3 is 10.2 Å². The van der Waals surface area contributed by atoms with Crippen LogP contribution in [0.5, 0.6) is 0 Å². The molecule has 0 unspecified atom stereocenters. The molecule has 7 heteroatoms. The second kappa shape index (κ2) is 8.80. The molecule has 0 saturated carbocycles. The van der Waals surface area contributed by atoms with E-state index in [2.05, 4.69) is 5.32 Å². The van der Waals surface area contributed by atoms with Crippen molar-refractivity contribution < 1.29 is 9.59 Å². The fourth-order valence-electron chi connectivity index (χ4n) is 2.76. The first kappa shape index (κ1) is 19.1. The minimum atomic E-state index is -0.0834. The van der Waals surface area contributed by atoms with Crippen molar-refractivity contribution in [2.24, 2.45) is 0 Å². The van der Waals surface area contributed by atoms with Crippen molar-refractivity contribution in [1.29, 1.82) is 0 Å². The Morgan fingerprint density at radius 2 is 2.00 bits per heavy atom. The van der Waals surface area contributed by atoms with Crippen LogP contribution < -0.4 is 10.2 Å². The Kier molecular flexibility index (Phi) is 6.46. The first-order chi connectivity index (χ1) is 12.5. The van der Waals surface area contributed by atoms with Crippen LogP contribution >= 0.6 is 35.0 Å². The van der Waals surface area contributed by atoms with Crippen LogP contribution in [0.1, 0.15) is 18.4 Å². The van der Waals surface area contributed by atoms with Gasteiger partial charge in [0.1, 0.15) is 0 Å². The van der Waals surface area contributed by atoms with Gasteiger partial charge in [0.15, 0.2) is 0 Å². The number of nitrogens with one attached hydrogen (secondary N) is 1. The monoisotopic (exact) mass is 408 g/mol. The molecule has 0 bridgehead atoms. The second-order valence-electron chi connectivity index (χ2n) is 5.99. The molecule has 0 atom stereocenters. The highest BCUT2D eigenvalue weighted by atomic mass is 35.5. The van der Waals surface area contributed by atoms with E-state index in [4.69, 9.17) is 23.2 Å². The number of amides is 2. The number of carbonyl (C=O) groups excluding carboxylic acids is 2. The smallest absolute Gasteiger partial charge is 0.234 e. The molecule has 1 N–H and O–H groups in total. The molecule has 1 aliphatic heterocycles. The van der Waals surface area contributed by atoms with E-state index in [0.29, 0.717) is 33.7 Å². The minimum Gasteiger partial charge on any atom is -0.325 e. The van der Waals surface area contributed by atoms with Crippen LogP contribution in [0.4, 0.5) is 11.4 Å². The number of rotatable bonds is 6. The first-order valence-corrected chi connectivity index (χ1v) is 10.2. The largest absolute Gasteiger partial charge is 0.325 e. The van der Waals surface area contributed by atoms with E-state index >= 15 is 0 Å². The fourth-order valence-corrected chi connectivity index (χ4v) is 3.86. The highest BCUT2D eigenvalue weighted by molar-refractivity contribution is 7.99. The van der Waals surface area contributed by atoms with Crippen molar-refractivity contribution in [3.63, 3.8) is 0 Å². The van der Waals surface area contributed by atoms with E-state index in [9.17, 15) is 9.59 Å². The molecule has 2 amide bonds. The van der Waals surface area contributed by atoms with Gasteiger partial charge in [0.2, 0.25) is 11.8 Å². The molecule has 0 spiro atoms. The number of thioether (sulfide) groups is 1. The lowest BCUT2D eigenvalue weighted by molar-refractivity contribution is -0.117. The highest BCUT2D eigenvalue weighted by Gasteiger charge is 2.21. The van der Waals surface area contributed by atoms with Crippen molar-refractivity contribution in [3.8, 4) is 0 Å². The predicted octanol–water partition coefficient (Wildman–Crippen LogP) is 4.99. The zero-order valence-electron chi connectivity index (χ0n) is 14.0. The quantitative estimate of drug-likeness (QED) is 0.731. The summed E-state index contributed by atoms with van der Waals surface area (Å²) in [5.41, 5.74) is 2.54. The molecule has 1 aliphatic rings. The molecule has 0 aliphatic carbocycles. The minimum absolute atomic E-state index is 0.0834. The standard InChI is InChI=1S/C19H18Cl2N2O2S/c20-16-7-6-13(9-17(16)21)11-26-12-18(24)22-14-3-1-4-15(10-14)23-8-2-5-19(23)25/h1,3-4,6-7,9-10H,2,5,8,11-12H2,(H,22,24). The molecular formula is C19H18Cl2N2O2S. The number of hydrogen-bond acceptors (Lipinski definition) is 3. The average molecular weight is 409 g/mol. The molecule has 3 rings (SSSR count). The third-order valence-corrected chi connectivity index (χ3v) is 5.74. The van der Waals surface area contributed by atoms with Gasteiger partial charge in [-0.05, 0) is 42.3 Å². The van der Waals surface area contributed by atoms with Crippen LogP contribution in [-0.4, -0.2) is 24.1 Å². The SMILES string of the molecule is O=C(CSCc1ccc(Cl)c(Cl)c1)Nc1cccc(N2CCCC2=O)c1. The Bertz CT molecular complexity index is 829. The van der Waals surface area contributed by atoms with E-state index in [1.54, 1.807) is 11.0 Å². The zero-order chi connectivity index (χ0) is 18.5. The Morgan fingerprint density at radius 1 is 1.15 bits per heavy atom. The summed E-state index contributed by atoms with van der Waals surface area (Å²) in [5, 5.41) is 3.92. The van der Waals surface area contributed by atoms with Gasteiger partial charge in [0.05, 0.1) is 15.8 Å². The summed E-state index contributed by atoms with van der Waals surface area (Å²) in [4.78, 5) is 25.8. The van der Waals surface area contributed by atoms with Crippen molar-refractivity contribution >= 4 is 58.2 Å². The molecule has 0 aromatic heterocycles. The lowest BCUT2D eigenvalue weighted by Crippen LogP contribution is -2.23. The molecule has 26 heavy (non-hydrogen) atoms. The number of benzene rings is 2. The molecule has 0 radical (unpaired) electrons. The number of anilines is 2. The molecular weight excluding hydrogens is 391 g/mol. The summed E-state index contributed by atoms with van der Waals surface area (Å²) in [6, 6.07) is 12.9. The molecule has 1 fully saturated rings. The Balaban J connectivity index is 1.51. The summed E-state index contributed by atoms with van der Waals surface area (Å²) in [7, 11) is 0. The summed E-state index contributed by atoms with van der Waals surface area (Å²) < 4.78 is 0. The zero-order valence-corrected chi connectivity index (χ0v) is 16.3. The number of carbonyl (C=O) groups is 2. The Labute approximate surface area is 166 Å². The van der Waals surface area contributed by atoms with E-state index in [-0.39, 0.29) is 11.8 Å². The van der Waals surface area contributed by atoms with Crippen molar-refractivity contribution in [2.75, 3.05) is 22.5 Å². The van der Waals surface area contributed by atoms with E-state index in [0.717, 1.165) is 24.2 Å². The van der Waals surface area contributed by atoms with Gasteiger partial charge >= 0.3 is 0 Å². The van der Waals surface area contributed by atoms with Gasteiger partial charge in [-0.15, -0.1) is 11.8 Å². The second-order valence-corrected chi connectivity index (χ2v) is 7.79. The lowest BCUT2D eigenvalue weighted by Gasteiger charge is -2.16. The average Bonchev–Trinajstić information content (AvgIpc) is 3.04. The molecule has 4 nitrogen and oxygen atoms in total. The van der Waals surface area contributed by atoms with E-state index in [1.165, 1.54) is 11.8 Å². The van der Waals surface area contributed by atoms with Crippen molar-refractivity contribution in [3.05, 3.63) is 58.1 Å². The van der Waals surface area contributed by atoms with Gasteiger partial charge in [0.25, 0.3) is 0 Å². The van der Waals surface area contributed by atoms with Gasteiger partial charge in [-0.1, -0.05) is 35.3 Å². The topological polar surface area (TPSA) is 49.4 Å². The Morgan fingerprint density at radius 3 is 2.73 bits per heavy atom. The summed E-state index contributed by atoms with van der Waals surface area (Å²) >= 11 is 13.4. The van der Waals surface area contributed by atoms with Gasteiger partial charge in [-0.2, -0.15) is 0 Å². The van der Waals surface area contributed by atoms with Crippen LogP contribution in [0.3, 0.4) is 0 Å². The summed E-state index contributed by atoms with van der Waals surface area (Å²) in [5.74, 6) is 1.05.